The van der Waals surface area contributed by atoms with Crippen LogP contribution in [0.5, 0.6) is 0 Å². The molecule has 21 heavy (non-hydrogen) atoms. The van der Waals surface area contributed by atoms with E-state index < -0.39 is 22.3 Å². The van der Waals surface area contributed by atoms with E-state index in [1.165, 1.54) is 16.8 Å². The van der Waals surface area contributed by atoms with Crippen molar-refractivity contribution in [3.05, 3.63) is 28.1 Å². The highest BCUT2D eigenvalue weighted by atomic mass is 16.6. The van der Waals surface area contributed by atoms with Crippen molar-refractivity contribution in [1.29, 1.82) is 0 Å². The summed E-state index contributed by atoms with van der Waals surface area (Å²) in [5.41, 5.74) is -1.33. The standard InChI is InChI=1S/C13H17N3O5/c1-8(2)15-7-9(16(20)21)6-10(15)11(17)14-13(12(18)19)4-3-5-13/h6-8H,3-5H2,1-2H3,(H,14,17)(H,18,19). The quantitative estimate of drug-likeness (QED) is 0.634. The van der Waals surface area contributed by atoms with Gasteiger partial charge in [0, 0.05) is 12.1 Å². The summed E-state index contributed by atoms with van der Waals surface area (Å²) in [5, 5.41) is 22.6. The van der Waals surface area contributed by atoms with Crippen LogP contribution in [-0.4, -0.2) is 32.0 Å². The van der Waals surface area contributed by atoms with E-state index in [-0.39, 0.29) is 17.4 Å². The first-order valence-electron chi connectivity index (χ1n) is 6.69. The number of aliphatic carboxylic acids is 1. The Morgan fingerprint density at radius 2 is 2.10 bits per heavy atom. The first-order chi connectivity index (χ1) is 9.77. The predicted molar refractivity (Wildman–Crippen MR) is 73.2 cm³/mol. The Morgan fingerprint density at radius 3 is 2.48 bits per heavy atom. The number of nitro groups is 1. The van der Waals surface area contributed by atoms with Crippen molar-refractivity contribution in [2.45, 2.75) is 44.7 Å². The maximum atomic E-state index is 12.3. The third kappa shape index (κ3) is 2.61. The fourth-order valence-electron chi connectivity index (χ4n) is 2.38. The first kappa shape index (κ1) is 15.0. The number of carbonyl (C=O) groups is 2. The minimum Gasteiger partial charge on any atom is -0.480 e. The van der Waals surface area contributed by atoms with Crippen LogP contribution in [0.15, 0.2) is 12.3 Å². The number of nitrogens with zero attached hydrogens (tertiary/aromatic N) is 2. The van der Waals surface area contributed by atoms with Gasteiger partial charge in [0.1, 0.15) is 11.2 Å². The smallest absolute Gasteiger partial charge is 0.329 e. The van der Waals surface area contributed by atoms with Crippen molar-refractivity contribution in [2.24, 2.45) is 0 Å². The maximum absolute atomic E-state index is 12.3. The van der Waals surface area contributed by atoms with Gasteiger partial charge in [0.2, 0.25) is 0 Å². The summed E-state index contributed by atoms with van der Waals surface area (Å²) in [7, 11) is 0. The van der Waals surface area contributed by atoms with E-state index in [2.05, 4.69) is 5.32 Å². The largest absolute Gasteiger partial charge is 0.480 e. The Bertz CT molecular complexity index is 601. The van der Waals surface area contributed by atoms with Crippen molar-refractivity contribution in [3.63, 3.8) is 0 Å². The predicted octanol–water partition coefficient (Wildman–Crippen LogP) is 1.71. The van der Waals surface area contributed by atoms with Gasteiger partial charge in [-0.05, 0) is 33.1 Å². The summed E-state index contributed by atoms with van der Waals surface area (Å²) in [6.45, 7) is 3.58. The molecule has 1 fully saturated rings. The fraction of sp³-hybridized carbons (Fsp3) is 0.538. The molecule has 114 valence electrons. The lowest BCUT2D eigenvalue weighted by Crippen LogP contribution is -2.59. The third-order valence-electron chi connectivity index (χ3n) is 3.80. The lowest BCUT2D eigenvalue weighted by atomic mass is 9.76. The van der Waals surface area contributed by atoms with Crippen LogP contribution in [-0.2, 0) is 4.79 Å². The zero-order valence-corrected chi connectivity index (χ0v) is 11.8. The van der Waals surface area contributed by atoms with Gasteiger partial charge in [-0.15, -0.1) is 0 Å². The highest BCUT2D eigenvalue weighted by molar-refractivity contribution is 5.97. The molecule has 2 rings (SSSR count). The summed E-state index contributed by atoms with van der Waals surface area (Å²) in [4.78, 5) is 33.8. The van der Waals surface area contributed by atoms with Crippen LogP contribution < -0.4 is 5.32 Å². The molecule has 0 radical (unpaired) electrons. The van der Waals surface area contributed by atoms with Gasteiger partial charge in [-0.1, -0.05) is 0 Å². The summed E-state index contributed by atoms with van der Waals surface area (Å²) in [6.07, 6.45) is 2.77. The number of hydrogen-bond acceptors (Lipinski definition) is 4. The van der Waals surface area contributed by atoms with Gasteiger partial charge in [-0.25, -0.2) is 4.79 Å². The number of aromatic nitrogens is 1. The topological polar surface area (TPSA) is 114 Å². The van der Waals surface area contributed by atoms with Crippen LogP contribution in [0.25, 0.3) is 0 Å². The van der Waals surface area contributed by atoms with Crippen molar-refractivity contribution in [3.8, 4) is 0 Å². The average Bonchev–Trinajstić information content (AvgIpc) is 2.78. The molecule has 1 aliphatic rings. The molecule has 0 unspecified atom stereocenters. The number of amides is 1. The molecule has 0 atom stereocenters. The molecular weight excluding hydrogens is 278 g/mol. The molecule has 1 saturated carbocycles. The number of nitrogens with one attached hydrogen (secondary N) is 1. The Labute approximate surface area is 120 Å². The average molecular weight is 295 g/mol. The van der Waals surface area contributed by atoms with E-state index in [0.717, 1.165) is 6.42 Å². The van der Waals surface area contributed by atoms with Crippen molar-refractivity contribution >= 4 is 17.6 Å². The van der Waals surface area contributed by atoms with Gasteiger partial charge >= 0.3 is 5.97 Å². The SMILES string of the molecule is CC(C)n1cc([N+](=O)[O-])cc1C(=O)NC1(C(=O)O)CCC1. The van der Waals surface area contributed by atoms with Gasteiger partial charge in [0.15, 0.2) is 0 Å². The number of carboxylic acids is 1. The van der Waals surface area contributed by atoms with E-state index >= 15 is 0 Å². The maximum Gasteiger partial charge on any atom is 0.329 e. The zero-order valence-electron chi connectivity index (χ0n) is 11.8. The van der Waals surface area contributed by atoms with E-state index in [0.29, 0.717) is 12.8 Å². The molecule has 2 N–H and O–H groups in total. The van der Waals surface area contributed by atoms with Gasteiger partial charge in [-0.3, -0.25) is 14.9 Å². The molecule has 0 aliphatic heterocycles. The Morgan fingerprint density at radius 1 is 1.48 bits per heavy atom. The minimum absolute atomic E-state index is 0.101. The second kappa shape index (κ2) is 5.19. The second-order valence-electron chi connectivity index (χ2n) is 5.54. The Balaban J connectivity index is 2.30. The van der Waals surface area contributed by atoms with E-state index in [1.807, 2.05) is 0 Å². The Hall–Kier alpha value is -2.38. The summed E-state index contributed by atoms with van der Waals surface area (Å²) in [6, 6.07) is 1.02. The number of carbonyl (C=O) groups excluding carboxylic acids is 1. The van der Waals surface area contributed by atoms with Crippen LogP contribution in [0, 0.1) is 10.1 Å². The van der Waals surface area contributed by atoms with Crippen LogP contribution >= 0.6 is 0 Å². The summed E-state index contributed by atoms with van der Waals surface area (Å²) < 4.78 is 1.47. The molecule has 1 aliphatic carbocycles. The number of carboxylic acid groups (broad SMARTS) is 1. The van der Waals surface area contributed by atoms with E-state index in [4.69, 9.17) is 0 Å². The van der Waals surface area contributed by atoms with Crippen LogP contribution in [0.4, 0.5) is 5.69 Å². The van der Waals surface area contributed by atoms with Crippen LogP contribution in [0.1, 0.15) is 49.6 Å². The van der Waals surface area contributed by atoms with Crippen molar-refractivity contribution in [1.82, 2.24) is 9.88 Å². The van der Waals surface area contributed by atoms with Gasteiger partial charge in [0.05, 0.1) is 11.1 Å². The van der Waals surface area contributed by atoms with Crippen LogP contribution in [0.3, 0.4) is 0 Å². The molecule has 1 amide bonds. The molecule has 1 aromatic heterocycles. The molecule has 0 bridgehead atoms. The molecule has 0 spiro atoms. The highest BCUT2D eigenvalue weighted by Gasteiger charge is 2.46. The molecule has 1 aromatic rings. The minimum atomic E-state index is -1.24. The van der Waals surface area contributed by atoms with E-state index in [9.17, 15) is 24.8 Å². The number of hydrogen-bond donors (Lipinski definition) is 2. The van der Waals surface area contributed by atoms with Gasteiger partial charge < -0.3 is 15.0 Å². The summed E-state index contributed by atoms with van der Waals surface area (Å²) in [5.74, 6) is -1.67. The zero-order chi connectivity index (χ0) is 15.8. The van der Waals surface area contributed by atoms with Crippen molar-refractivity contribution in [2.75, 3.05) is 0 Å². The normalized spacial score (nSPS) is 16.3. The molecule has 0 aromatic carbocycles. The van der Waals surface area contributed by atoms with Crippen molar-refractivity contribution < 1.29 is 19.6 Å². The fourth-order valence-corrected chi connectivity index (χ4v) is 2.38. The van der Waals surface area contributed by atoms with E-state index in [1.54, 1.807) is 13.8 Å². The molecular formula is C13H17N3O5. The lowest BCUT2D eigenvalue weighted by molar-refractivity contribution is -0.384. The highest BCUT2D eigenvalue weighted by Crippen LogP contribution is 2.32. The van der Waals surface area contributed by atoms with Gasteiger partial charge in [0.25, 0.3) is 11.6 Å². The second-order valence-corrected chi connectivity index (χ2v) is 5.54. The Kier molecular flexibility index (Phi) is 3.71. The molecule has 0 saturated heterocycles. The summed E-state index contributed by atoms with van der Waals surface area (Å²) >= 11 is 0. The lowest BCUT2D eigenvalue weighted by Gasteiger charge is -2.38. The molecule has 1 heterocycles. The first-order valence-corrected chi connectivity index (χ1v) is 6.69. The molecule has 8 heteroatoms. The van der Waals surface area contributed by atoms with Crippen LogP contribution in [0.2, 0.25) is 0 Å². The van der Waals surface area contributed by atoms with Gasteiger partial charge in [-0.2, -0.15) is 0 Å². The third-order valence-corrected chi connectivity index (χ3v) is 3.80. The monoisotopic (exact) mass is 295 g/mol. The number of rotatable bonds is 5. The molecule has 8 nitrogen and oxygen atoms in total.